The molecule has 1 heterocycles. The number of nitrogens with zero attached hydrogens (tertiary/aromatic N) is 1. The van der Waals surface area contributed by atoms with Crippen LogP contribution in [-0.2, 0) is 14.4 Å². The summed E-state index contributed by atoms with van der Waals surface area (Å²) in [5.74, 6) is -6.25. The van der Waals surface area contributed by atoms with Crippen LogP contribution in [0.5, 0.6) is 5.75 Å². The second-order valence-electron chi connectivity index (χ2n) is 14.2. The topological polar surface area (TPSA) is 203 Å². The minimum absolute atomic E-state index is 0.0544. The molecule has 11 nitrogen and oxygen atoms in total. The normalized spacial score (nSPS) is 39.6. The first-order chi connectivity index (χ1) is 21.3. The van der Waals surface area contributed by atoms with Crippen LogP contribution in [0.25, 0.3) is 5.76 Å². The van der Waals surface area contributed by atoms with E-state index >= 15 is 0 Å². The zero-order valence-corrected chi connectivity index (χ0v) is 25.6. The van der Waals surface area contributed by atoms with Gasteiger partial charge in [0, 0.05) is 35.1 Å². The third kappa shape index (κ3) is 3.58. The molecule has 1 amide bonds. The summed E-state index contributed by atoms with van der Waals surface area (Å²) in [5, 5.41) is 62.6. The molecule has 0 aliphatic heterocycles. The highest BCUT2D eigenvalue weighted by atomic mass is 32.1. The van der Waals surface area contributed by atoms with E-state index in [0.29, 0.717) is 27.9 Å². The van der Waals surface area contributed by atoms with Crippen molar-refractivity contribution in [3.8, 4) is 5.75 Å². The Kier molecular flexibility index (Phi) is 5.85. The number of benzene rings is 1. The minimum Gasteiger partial charge on any atom is -0.508 e. The number of hydrogen-bond donors (Lipinski definition) is 7. The van der Waals surface area contributed by atoms with Gasteiger partial charge >= 0.3 is 0 Å². The maximum atomic E-state index is 13.9. The number of aromatic nitrogens is 1. The Hall–Kier alpha value is -3.74. The number of aliphatic hydroxyl groups excluding tert-OH is 3. The van der Waals surface area contributed by atoms with Gasteiger partial charge < -0.3 is 36.6 Å². The molecular formula is C33H35N3O8S. The fraction of sp³-hybridized carbons (Fsp3) is 0.515. The summed E-state index contributed by atoms with van der Waals surface area (Å²) in [4.78, 5) is 43.4. The molecule has 12 heteroatoms. The van der Waals surface area contributed by atoms with Crippen LogP contribution in [0.15, 0.2) is 34.4 Å². The summed E-state index contributed by atoms with van der Waals surface area (Å²) in [6, 6.07) is 3.33. The first-order valence-corrected chi connectivity index (χ1v) is 16.4. The number of ketones is 2. The number of phenols is 1. The number of nitrogens with two attached hydrogens (primary N) is 1. The number of carbonyl (C=O) groups is 3. The van der Waals surface area contributed by atoms with Crippen LogP contribution >= 0.6 is 11.3 Å². The Labute approximate surface area is 262 Å². The monoisotopic (exact) mass is 633 g/mol. The lowest BCUT2D eigenvalue weighted by Crippen LogP contribution is -2.63. The molecule has 1 aromatic carbocycles. The van der Waals surface area contributed by atoms with E-state index in [4.69, 9.17) is 10.7 Å². The van der Waals surface area contributed by atoms with Crippen molar-refractivity contribution in [2.75, 3.05) is 5.32 Å². The fourth-order valence-corrected chi connectivity index (χ4v) is 11.0. The number of thiazole rings is 1. The highest BCUT2D eigenvalue weighted by Gasteiger charge is 2.68. The van der Waals surface area contributed by atoms with Crippen molar-refractivity contribution < 1.29 is 39.9 Å². The standard InChI is InChI=1S/C33H35N3O8S/c1-11-5-13-6-14-9-32(14,8-13)24(11)18-10-45-31(36-18)35-17-4-3-15-12(2)20-23(27(40)21(15)26(17)39)29(42)33(44)16(25(20)38)7-19(37)22(28(33)41)30(34)43/h3-4,10-14,16,20,24-25,38-41,44H,5-9H2,1-2H3,(H2,34,43)(H,35,36)/t11?,12-,13?,14?,16+,20+,24?,25+,32?,33+/m0/s1. The van der Waals surface area contributed by atoms with E-state index in [9.17, 15) is 39.9 Å². The average Bonchev–Trinajstić information content (AvgIpc) is 3.28. The van der Waals surface area contributed by atoms with Crippen LogP contribution in [0.3, 0.4) is 0 Å². The number of fused-ring (bicyclic) bond motifs is 4. The van der Waals surface area contributed by atoms with E-state index in [1.54, 1.807) is 19.1 Å². The van der Waals surface area contributed by atoms with Gasteiger partial charge in [-0.15, -0.1) is 11.3 Å². The number of hydrogen-bond acceptors (Lipinski definition) is 11. The van der Waals surface area contributed by atoms with Crippen molar-refractivity contribution in [1.82, 2.24) is 4.98 Å². The van der Waals surface area contributed by atoms with Gasteiger partial charge in [0.05, 0.1) is 23.0 Å². The fourth-order valence-electron chi connectivity index (χ4n) is 10.2. The number of aliphatic hydroxyl groups is 4. The molecule has 6 aliphatic rings. The van der Waals surface area contributed by atoms with E-state index in [-0.39, 0.29) is 17.0 Å². The van der Waals surface area contributed by atoms with Gasteiger partial charge in [-0.1, -0.05) is 19.9 Å². The summed E-state index contributed by atoms with van der Waals surface area (Å²) in [6.07, 6.45) is 2.93. The summed E-state index contributed by atoms with van der Waals surface area (Å²) < 4.78 is 0. The number of primary amides is 1. The molecule has 8 N–H and O–H groups in total. The van der Waals surface area contributed by atoms with Crippen LogP contribution in [-0.4, -0.2) is 59.7 Å². The Balaban J connectivity index is 1.16. The maximum Gasteiger partial charge on any atom is 0.255 e. The highest BCUT2D eigenvalue weighted by molar-refractivity contribution is 7.13. The molecule has 8 rings (SSSR count). The maximum absolute atomic E-state index is 13.9. The van der Waals surface area contributed by atoms with Gasteiger partial charge in [0.2, 0.25) is 5.78 Å². The zero-order chi connectivity index (χ0) is 31.9. The van der Waals surface area contributed by atoms with Crippen LogP contribution in [0.2, 0.25) is 0 Å². The van der Waals surface area contributed by atoms with Crippen LogP contribution in [0.1, 0.15) is 74.6 Å². The third-order valence-corrected chi connectivity index (χ3v) is 12.8. The molecule has 2 bridgehead atoms. The summed E-state index contributed by atoms with van der Waals surface area (Å²) in [7, 11) is 0. The Bertz CT molecular complexity index is 1800. The largest absolute Gasteiger partial charge is 0.508 e. The number of anilines is 2. The van der Waals surface area contributed by atoms with E-state index in [1.807, 2.05) is 0 Å². The summed E-state index contributed by atoms with van der Waals surface area (Å²) in [6.45, 7) is 4.03. The van der Waals surface area contributed by atoms with Crippen molar-refractivity contribution in [2.24, 2.45) is 40.7 Å². The molecule has 4 fully saturated rings. The minimum atomic E-state index is -2.87. The number of amides is 1. The van der Waals surface area contributed by atoms with Gasteiger partial charge in [0.25, 0.3) is 5.91 Å². The number of aromatic hydroxyl groups is 1. The smallest absolute Gasteiger partial charge is 0.255 e. The average molecular weight is 634 g/mol. The molecule has 4 saturated carbocycles. The molecule has 1 aromatic heterocycles. The van der Waals surface area contributed by atoms with Crippen molar-refractivity contribution >= 4 is 45.4 Å². The lowest BCUT2D eigenvalue weighted by molar-refractivity contribution is -0.160. The summed E-state index contributed by atoms with van der Waals surface area (Å²) in [5.41, 5.74) is 3.15. The second kappa shape index (κ2) is 9.17. The number of carbonyl (C=O) groups excluding carboxylic acids is 3. The van der Waals surface area contributed by atoms with E-state index in [1.165, 1.54) is 37.0 Å². The number of rotatable bonds is 4. The zero-order valence-electron chi connectivity index (χ0n) is 24.8. The molecule has 0 saturated heterocycles. The number of phenolic OH excluding ortho intramolecular Hbond substituents is 1. The van der Waals surface area contributed by atoms with Gasteiger partial charge in [-0.25, -0.2) is 4.98 Å². The van der Waals surface area contributed by atoms with E-state index < -0.39 is 76.0 Å². The van der Waals surface area contributed by atoms with Gasteiger partial charge in [0.15, 0.2) is 16.5 Å². The SMILES string of the molecule is CC1CC2CC3CC3(C2)C1c1csc(Nc2ccc3c(c2O)C(O)=C2C(=O)[C@]4(O)C(O)=C(C(N)=O)C(=O)C[C@@H]4[C@@H](O)[C@@H]2[C@H]3C)n1. The van der Waals surface area contributed by atoms with Crippen LogP contribution < -0.4 is 11.1 Å². The first kappa shape index (κ1) is 28.7. The molecule has 5 unspecified atom stereocenters. The van der Waals surface area contributed by atoms with E-state index in [2.05, 4.69) is 17.6 Å². The predicted octanol–water partition coefficient (Wildman–Crippen LogP) is 3.70. The van der Waals surface area contributed by atoms with Crippen molar-refractivity contribution in [2.45, 2.75) is 69.5 Å². The van der Waals surface area contributed by atoms with Crippen molar-refractivity contribution in [3.63, 3.8) is 0 Å². The van der Waals surface area contributed by atoms with Crippen LogP contribution in [0, 0.1) is 35.0 Å². The third-order valence-electron chi connectivity index (χ3n) is 12.0. The molecule has 10 atom stereocenters. The molecule has 0 radical (unpaired) electrons. The second-order valence-corrected chi connectivity index (χ2v) is 15.1. The predicted molar refractivity (Wildman–Crippen MR) is 163 cm³/mol. The molecule has 6 aliphatic carbocycles. The van der Waals surface area contributed by atoms with Gasteiger partial charge in [0.1, 0.15) is 22.8 Å². The van der Waals surface area contributed by atoms with Gasteiger partial charge in [-0.05, 0) is 66.4 Å². The number of Topliss-reactive ketones (excluding diaryl/α,β-unsaturated/α-hetero) is 2. The van der Waals surface area contributed by atoms with E-state index in [0.717, 1.165) is 17.5 Å². The molecule has 2 aromatic rings. The molecule has 236 valence electrons. The van der Waals surface area contributed by atoms with Gasteiger partial charge in [-0.3, -0.25) is 14.4 Å². The Morgan fingerprint density at radius 3 is 2.62 bits per heavy atom. The van der Waals surface area contributed by atoms with Gasteiger partial charge in [-0.2, -0.15) is 0 Å². The quantitative estimate of drug-likeness (QED) is 0.192. The lowest BCUT2D eigenvalue weighted by Gasteiger charge is -2.50. The summed E-state index contributed by atoms with van der Waals surface area (Å²) >= 11 is 1.44. The molecule has 45 heavy (non-hydrogen) atoms. The van der Waals surface area contributed by atoms with Crippen molar-refractivity contribution in [3.05, 3.63) is 51.2 Å². The van der Waals surface area contributed by atoms with Crippen molar-refractivity contribution in [1.29, 1.82) is 0 Å². The Morgan fingerprint density at radius 2 is 1.89 bits per heavy atom. The number of nitrogens with one attached hydrogen (secondary N) is 1. The first-order valence-electron chi connectivity index (χ1n) is 15.5. The lowest BCUT2D eigenvalue weighted by atomic mass is 9.55. The molecule has 1 spiro atoms. The highest BCUT2D eigenvalue weighted by Crippen LogP contribution is 2.76. The van der Waals surface area contributed by atoms with Crippen LogP contribution in [0.4, 0.5) is 10.8 Å². The Morgan fingerprint density at radius 1 is 1.13 bits per heavy atom. The molecular weight excluding hydrogens is 598 g/mol.